The first kappa shape index (κ1) is 17.1. The van der Waals surface area contributed by atoms with Gasteiger partial charge in [0.1, 0.15) is 5.82 Å². The number of rotatable bonds is 5. The van der Waals surface area contributed by atoms with E-state index in [0.29, 0.717) is 12.5 Å². The van der Waals surface area contributed by atoms with E-state index in [2.05, 4.69) is 28.9 Å². The molecular formula is C20H27N5O. The Balaban J connectivity index is 1.59. The van der Waals surface area contributed by atoms with Gasteiger partial charge in [-0.05, 0) is 44.7 Å². The first-order valence-corrected chi connectivity index (χ1v) is 9.77. The molecule has 2 aliphatic rings. The molecule has 0 aromatic carbocycles. The van der Waals surface area contributed by atoms with Crippen molar-refractivity contribution in [1.82, 2.24) is 19.4 Å². The van der Waals surface area contributed by atoms with Gasteiger partial charge in [-0.2, -0.15) is 0 Å². The molecule has 138 valence electrons. The van der Waals surface area contributed by atoms with E-state index in [4.69, 9.17) is 4.98 Å². The highest BCUT2D eigenvalue weighted by Crippen LogP contribution is 2.30. The number of hydrogen-bond donors (Lipinski definition) is 0. The molecule has 6 heteroatoms. The topological polar surface area (TPSA) is 54.3 Å². The van der Waals surface area contributed by atoms with Crippen LogP contribution in [0.2, 0.25) is 0 Å². The SMILES string of the molecule is CCCCN1Cn2c(nc(C)c2-c2ccc(N3CCCCC3)nc2)C1=O. The number of nitrogens with zero attached hydrogens (tertiary/aromatic N) is 5. The van der Waals surface area contributed by atoms with Gasteiger partial charge in [0.25, 0.3) is 5.91 Å². The number of aryl methyl sites for hydroxylation is 1. The number of piperidine rings is 1. The third-order valence-electron chi connectivity index (χ3n) is 5.42. The molecule has 0 N–H and O–H groups in total. The summed E-state index contributed by atoms with van der Waals surface area (Å²) in [6, 6.07) is 4.22. The molecule has 0 unspecified atom stereocenters. The molecule has 4 rings (SSSR count). The molecule has 26 heavy (non-hydrogen) atoms. The summed E-state index contributed by atoms with van der Waals surface area (Å²) in [6.45, 7) is 7.69. The molecule has 1 saturated heterocycles. The first-order chi connectivity index (χ1) is 12.7. The summed E-state index contributed by atoms with van der Waals surface area (Å²) < 4.78 is 2.05. The lowest BCUT2D eigenvalue weighted by atomic mass is 10.1. The maximum absolute atomic E-state index is 12.6. The van der Waals surface area contributed by atoms with E-state index in [9.17, 15) is 4.79 Å². The van der Waals surface area contributed by atoms with Crippen LogP contribution >= 0.6 is 0 Å². The van der Waals surface area contributed by atoms with Crippen molar-refractivity contribution in [3.05, 3.63) is 29.8 Å². The highest BCUT2D eigenvalue weighted by atomic mass is 16.2. The first-order valence-electron chi connectivity index (χ1n) is 9.77. The van der Waals surface area contributed by atoms with Gasteiger partial charge < -0.3 is 14.4 Å². The maximum atomic E-state index is 12.6. The summed E-state index contributed by atoms with van der Waals surface area (Å²) >= 11 is 0. The number of imidazole rings is 1. The van der Waals surface area contributed by atoms with Crippen molar-refractivity contribution >= 4 is 11.7 Å². The number of hydrogen-bond acceptors (Lipinski definition) is 4. The van der Waals surface area contributed by atoms with Gasteiger partial charge in [0, 0.05) is 31.4 Å². The summed E-state index contributed by atoms with van der Waals surface area (Å²) in [5, 5.41) is 0. The van der Waals surface area contributed by atoms with Crippen molar-refractivity contribution in [3.8, 4) is 11.3 Å². The molecule has 0 bridgehead atoms. The smallest absolute Gasteiger partial charge is 0.291 e. The van der Waals surface area contributed by atoms with Crippen LogP contribution in [0.4, 0.5) is 5.82 Å². The minimum atomic E-state index is 0.0469. The molecular weight excluding hydrogens is 326 g/mol. The van der Waals surface area contributed by atoms with E-state index in [1.165, 1.54) is 19.3 Å². The van der Waals surface area contributed by atoms with Crippen LogP contribution < -0.4 is 4.90 Å². The second-order valence-electron chi connectivity index (χ2n) is 7.31. The lowest BCUT2D eigenvalue weighted by Crippen LogP contribution is -2.30. The molecule has 0 radical (unpaired) electrons. The van der Waals surface area contributed by atoms with Crippen LogP contribution in [-0.2, 0) is 6.67 Å². The minimum absolute atomic E-state index is 0.0469. The fourth-order valence-corrected chi connectivity index (χ4v) is 3.97. The molecule has 0 atom stereocenters. The molecule has 4 heterocycles. The summed E-state index contributed by atoms with van der Waals surface area (Å²) in [4.78, 5) is 26.1. The standard InChI is InChI=1S/C20H27N5O/c1-3-4-10-24-14-25-18(15(2)22-19(25)20(24)26)16-8-9-17(21-13-16)23-11-6-5-7-12-23/h8-9,13H,3-7,10-12,14H2,1-2H3. The van der Waals surface area contributed by atoms with Crippen LogP contribution in [0.25, 0.3) is 11.3 Å². The molecule has 2 aliphatic heterocycles. The Bertz CT molecular complexity index is 789. The van der Waals surface area contributed by atoms with E-state index in [1.54, 1.807) is 0 Å². The maximum Gasteiger partial charge on any atom is 0.291 e. The highest BCUT2D eigenvalue weighted by Gasteiger charge is 2.32. The second-order valence-corrected chi connectivity index (χ2v) is 7.31. The van der Waals surface area contributed by atoms with E-state index in [1.807, 2.05) is 22.6 Å². The number of aromatic nitrogens is 3. The molecule has 6 nitrogen and oxygen atoms in total. The molecule has 0 aliphatic carbocycles. The van der Waals surface area contributed by atoms with Crippen molar-refractivity contribution in [1.29, 1.82) is 0 Å². The van der Waals surface area contributed by atoms with Crippen LogP contribution in [0.1, 0.15) is 55.3 Å². The molecule has 2 aromatic rings. The van der Waals surface area contributed by atoms with Gasteiger partial charge in [0.05, 0.1) is 18.1 Å². The fraction of sp³-hybridized carbons (Fsp3) is 0.550. The van der Waals surface area contributed by atoms with Gasteiger partial charge in [-0.3, -0.25) is 4.79 Å². The van der Waals surface area contributed by atoms with Crippen molar-refractivity contribution < 1.29 is 4.79 Å². The zero-order valence-corrected chi connectivity index (χ0v) is 15.7. The second kappa shape index (κ2) is 7.09. The normalized spacial score (nSPS) is 17.1. The van der Waals surface area contributed by atoms with Gasteiger partial charge >= 0.3 is 0 Å². The van der Waals surface area contributed by atoms with Crippen molar-refractivity contribution in [2.24, 2.45) is 0 Å². The van der Waals surface area contributed by atoms with E-state index >= 15 is 0 Å². The van der Waals surface area contributed by atoms with Crippen LogP contribution in [-0.4, -0.2) is 45.0 Å². The number of unbranched alkanes of at least 4 members (excludes halogenated alkanes) is 1. The summed E-state index contributed by atoms with van der Waals surface area (Å²) in [6.07, 6.45) is 7.85. The van der Waals surface area contributed by atoms with Gasteiger partial charge in [-0.1, -0.05) is 13.3 Å². The van der Waals surface area contributed by atoms with Crippen molar-refractivity contribution in [3.63, 3.8) is 0 Å². The molecule has 2 aromatic heterocycles. The average Bonchev–Trinajstić information content (AvgIpc) is 3.16. The summed E-state index contributed by atoms with van der Waals surface area (Å²) in [5.74, 6) is 1.66. The lowest BCUT2D eigenvalue weighted by molar-refractivity contribution is 0.0763. The number of amides is 1. The number of pyridine rings is 1. The van der Waals surface area contributed by atoms with Crippen LogP contribution in [0.5, 0.6) is 0 Å². The van der Waals surface area contributed by atoms with Gasteiger partial charge in [0.2, 0.25) is 5.82 Å². The van der Waals surface area contributed by atoms with Crippen LogP contribution in [0.15, 0.2) is 18.3 Å². The zero-order chi connectivity index (χ0) is 18.1. The highest BCUT2D eigenvalue weighted by molar-refractivity contribution is 5.94. The molecule has 1 fully saturated rings. The Morgan fingerprint density at radius 1 is 1.15 bits per heavy atom. The van der Waals surface area contributed by atoms with E-state index in [0.717, 1.165) is 55.2 Å². The molecule has 0 spiro atoms. The predicted octanol–water partition coefficient (Wildman–Crippen LogP) is 3.46. The molecule has 1 amide bonds. The Labute approximate surface area is 154 Å². The number of carbonyl (C=O) groups excluding carboxylic acids is 1. The van der Waals surface area contributed by atoms with Crippen LogP contribution in [0, 0.1) is 6.92 Å². The quantitative estimate of drug-likeness (QED) is 0.826. The third-order valence-corrected chi connectivity index (χ3v) is 5.42. The monoisotopic (exact) mass is 353 g/mol. The Hall–Kier alpha value is -2.37. The number of fused-ring (bicyclic) bond motifs is 1. The number of carbonyl (C=O) groups is 1. The minimum Gasteiger partial charge on any atom is -0.357 e. The van der Waals surface area contributed by atoms with E-state index in [-0.39, 0.29) is 5.91 Å². The molecule has 0 saturated carbocycles. The Morgan fingerprint density at radius 3 is 2.65 bits per heavy atom. The van der Waals surface area contributed by atoms with Crippen molar-refractivity contribution in [2.45, 2.75) is 52.6 Å². The predicted molar refractivity (Wildman–Crippen MR) is 102 cm³/mol. The third kappa shape index (κ3) is 2.97. The fourth-order valence-electron chi connectivity index (χ4n) is 3.97. The lowest BCUT2D eigenvalue weighted by Gasteiger charge is -2.27. The largest absolute Gasteiger partial charge is 0.357 e. The summed E-state index contributed by atoms with van der Waals surface area (Å²) in [5.41, 5.74) is 2.95. The Morgan fingerprint density at radius 2 is 1.96 bits per heavy atom. The van der Waals surface area contributed by atoms with Gasteiger partial charge in [0.15, 0.2) is 0 Å². The van der Waals surface area contributed by atoms with Gasteiger partial charge in [-0.25, -0.2) is 9.97 Å². The van der Waals surface area contributed by atoms with E-state index < -0.39 is 0 Å². The average molecular weight is 353 g/mol. The van der Waals surface area contributed by atoms with Crippen LogP contribution in [0.3, 0.4) is 0 Å². The Kier molecular flexibility index (Phi) is 4.66. The van der Waals surface area contributed by atoms with Crippen molar-refractivity contribution in [2.75, 3.05) is 24.5 Å². The number of anilines is 1. The zero-order valence-electron chi connectivity index (χ0n) is 15.7. The summed E-state index contributed by atoms with van der Waals surface area (Å²) in [7, 11) is 0. The van der Waals surface area contributed by atoms with Gasteiger partial charge in [-0.15, -0.1) is 0 Å².